The van der Waals surface area contributed by atoms with Gasteiger partial charge in [-0.2, -0.15) is 0 Å². The van der Waals surface area contributed by atoms with Gasteiger partial charge in [-0.1, -0.05) is 0 Å². The van der Waals surface area contributed by atoms with E-state index < -0.39 is 0 Å². The molecule has 1 aromatic rings. The smallest absolute Gasteiger partial charge is 0.337 e. The lowest BCUT2D eigenvalue weighted by Crippen LogP contribution is -2.31. The molecule has 2 atom stereocenters. The molecule has 1 heterocycles. The second kappa shape index (κ2) is 7.85. The number of hydrogen-bond acceptors (Lipinski definition) is 6. The first-order valence-corrected chi connectivity index (χ1v) is 6.30. The largest absolute Gasteiger partial charge is 0.489 e. The molecule has 0 amide bonds. The summed E-state index contributed by atoms with van der Waals surface area (Å²) in [5.41, 5.74) is 0.469. The standard InChI is InChI=1S/C14H17NO5.ClH/c1-18-13(16)9-3-5-10(6-4-9)20-11-7-12(15-8-11)14(17)19-2;/h3-6,11-12,15H,7-8H2,1-2H3;1H. The molecule has 1 aromatic carbocycles. The molecule has 7 heteroatoms. The number of esters is 2. The molecule has 0 aromatic heterocycles. The van der Waals surface area contributed by atoms with Gasteiger partial charge in [0.1, 0.15) is 17.9 Å². The SMILES string of the molecule is COC(=O)c1ccc(OC2CNC(C(=O)OC)C2)cc1.Cl. The van der Waals surface area contributed by atoms with E-state index >= 15 is 0 Å². The molecule has 1 aliphatic rings. The Bertz CT molecular complexity index is 491. The van der Waals surface area contributed by atoms with E-state index in [1.165, 1.54) is 14.2 Å². The minimum Gasteiger partial charge on any atom is -0.489 e. The summed E-state index contributed by atoms with van der Waals surface area (Å²) in [5.74, 6) is -0.0167. The number of methoxy groups -OCH3 is 2. The fourth-order valence-corrected chi connectivity index (χ4v) is 2.09. The Balaban J connectivity index is 0.00000220. The molecular weight excluding hydrogens is 298 g/mol. The van der Waals surface area contributed by atoms with Crippen LogP contribution in [0.5, 0.6) is 5.75 Å². The number of halogens is 1. The first-order chi connectivity index (χ1) is 9.63. The Morgan fingerprint density at radius 1 is 1.14 bits per heavy atom. The van der Waals surface area contributed by atoms with Gasteiger partial charge in [0.25, 0.3) is 0 Å². The van der Waals surface area contributed by atoms with Crippen molar-refractivity contribution in [2.45, 2.75) is 18.6 Å². The Hall–Kier alpha value is -1.79. The Kier molecular flexibility index (Phi) is 6.45. The van der Waals surface area contributed by atoms with E-state index in [0.717, 1.165) is 0 Å². The lowest BCUT2D eigenvalue weighted by molar-refractivity contribution is -0.142. The summed E-state index contributed by atoms with van der Waals surface area (Å²) in [6, 6.07) is 6.37. The monoisotopic (exact) mass is 315 g/mol. The van der Waals surface area contributed by atoms with Crippen LogP contribution in [0.3, 0.4) is 0 Å². The van der Waals surface area contributed by atoms with Gasteiger partial charge in [-0.25, -0.2) is 4.79 Å². The van der Waals surface area contributed by atoms with Crippen LogP contribution in [0.1, 0.15) is 16.8 Å². The van der Waals surface area contributed by atoms with Crippen LogP contribution in [0.25, 0.3) is 0 Å². The Labute approximate surface area is 129 Å². The molecule has 6 nitrogen and oxygen atoms in total. The third-order valence-electron chi connectivity index (χ3n) is 3.15. The van der Waals surface area contributed by atoms with E-state index in [1.807, 2.05) is 0 Å². The minimum atomic E-state index is -0.384. The second-order valence-corrected chi connectivity index (χ2v) is 4.48. The van der Waals surface area contributed by atoms with E-state index in [2.05, 4.69) is 14.8 Å². The van der Waals surface area contributed by atoms with Gasteiger partial charge in [0.2, 0.25) is 0 Å². The number of nitrogens with one attached hydrogen (secondary N) is 1. The molecule has 2 rings (SSSR count). The van der Waals surface area contributed by atoms with Crippen molar-refractivity contribution < 1.29 is 23.8 Å². The van der Waals surface area contributed by atoms with Crippen LogP contribution in [-0.4, -0.2) is 44.8 Å². The number of rotatable bonds is 4. The van der Waals surface area contributed by atoms with Crippen LogP contribution in [0, 0.1) is 0 Å². The predicted molar refractivity (Wildman–Crippen MR) is 77.9 cm³/mol. The molecule has 116 valence electrons. The molecule has 0 spiro atoms. The number of ether oxygens (including phenoxy) is 3. The van der Waals surface area contributed by atoms with Crippen LogP contribution in [0.4, 0.5) is 0 Å². The van der Waals surface area contributed by atoms with Crippen LogP contribution in [-0.2, 0) is 14.3 Å². The Morgan fingerprint density at radius 2 is 1.81 bits per heavy atom. The molecule has 1 N–H and O–H groups in total. The van der Waals surface area contributed by atoms with Gasteiger partial charge in [-0.15, -0.1) is 12.4 Å². The van der Waals surface area contributed by atoms with E-state index in [9.17, 15) is 9.59 Å². The third-order valence-corrected chi connectivity index (χ3v) is 3.15. The summed E-state index contributed by atoms with van der Waals surface area (Å²) in [7, 11) is 2.70. The zero-order chi connectivity index (χ0) is 14.5. The van der Waals surface area contributed by atoms with Crippen molar-refractivity contribution in [3.05, 3.63) is 29.8 Å². The average Bonchev–Trinajstić information content (AvgIpc) is 2.95. The van der Waals surface area contributed by atoms with Crippen molar-refractivity contribution in [1.29, 1.82) is 0 Å². The van der Waals surface area contributed by atoms with Crippen molar-refractivity contribution in [2.75, 3.05) is 20.8 Å². The normalized spacial score (nSPS) is 20.3. The highest BCUT2D eigenvalue weighted by Gasteiger charge is 2.31. The number of carbonyl (C=O) groups is 2. The first kappa shape index (κ1) is 17.3. The summed E-state index contributed by atoms with van der Waals surface area (Å²) >= 11 is 0. The molecular formula is C14H18ClNO5. The zero-order valence-corrected chi connectivity index (χ0v) is 12.6. The van der Waals surface area contributed by atoms with Crippen molar-refractivity contribution in [1.82, 2.24) is 5.32 Å². The predicted octanol–water partition coefficient (Wildman–Crippen LogP) is 1.18. The van der Waals surface area contributed by atoms with Crippen LogP contribution >= 0.6 is 12.4 Å². The van der Waals surface area contributed by atoms with E-state index in [1.54, 1.807) is 24.3 Å². The third kappa shape index (κ3) is 4.34. The molecule has 2 unspecified atom stereocenters. The van der Waals surface area contributed by atoms with Gasteiger partial charge in [-0.05, 0) is 24.3 Å². The van der Waals surface area contributed by atoms with Gasteiger partial charge < -0.3 is 19.5 Å². The molecule has 1 aliphatic heterocycles. The van der Waals surface area contributed by atoms with E-state index in [-0.39, 0.29) is 36.5 Å². The maximum absolute atomic E-state index is 11.4. The zero-order valence-electron chi connectivity index (χ0n) is 11.8. The van der Waals surface area contributed by atoms with Gasteiger partial charge in [-0.3, -0.25) is 4.79 Å². The molecule has 21 heavy (non-hydrogen) atoms. The van der Waals surface area contributed by atoms with Crippen molar-refractivity contribution >= 4 is 24.3 Å². The Morgan fingerprint density at radius 3 is 2.38 bits per heavy atom. The van der Waals surface area contributed by atoms with Gasteiger partial charge in [0, 0.05) is 13.0 Å². The van der Waals surface area contributed by atoms with Crippen LogP contribution in [0.2, 0.25) is 0 Å². The molecule has 0 bridgehead atoms. The molecule has 0 saturated carbocycles. The molecule has 0 radical (unpaired) electrons. The minimum absolute atomic E-state index is 0. The fraction of sp³-hybridized carbons (Fsp3) is 0.429. The molecule has 1 saturated heterocycles. The highest BCUT2D eigenvalue weighted by Crippen LogP contribution is 2.18. The fourth-order valence-electron chi connectivity index (χ4n) is 2.09. The van der Waals surface area contributed by atoms with Crippen molar-refractivity contribution in [2.24, 2.45) is 0 Å². The van der Waals surface area contributed by atoms with Crippen LogP contribution < -0.4 is 10.1 Å². The van der Waals surface area contributed by atoms with Gasteiger partial charge in [0.05, 0.1) is 19.8 Å². The highest BCUT2D eigenvalue weighted by molar-refractivity contribution is 5.89. The number of hydrogen-bond donors (Lipinski definition) is 1. The summed E-state index contributed by atoms with van der Waals surface area (Å²) in [4.78, 5) is 22.7. The van der Waals surface area contributed by atoms with E-state index in [4.69, 9.17) is 4.74 Å². The van der Waals surface area contributed by atoms with Gasteiger partial charge in [0.15, 0.2) is 0 Å². The van der Waals surface area contributed by atoms with Gasteiger partial charge >= 0.3 is 11.9 Å². The van der Waals surface area contributed by atoms with E-state index in [0.29, 0.717) is 24.3 Å². The van der Waals surface area contributed by atoms with Crippen LogP contribution in [0.15, 0.2) is 24.3 Å². The lowest BCUT2D eigenvalue weighted by atomic mass is 10.2. The number of carbonyl (C=O) groups excluding carboxylic acids is 2. The topological polar surface area (TPSA) is 73.9 Å². The summed E-state index contributed by atoms with van der Waals surface area (Å²) < 4.78 is 15.0. The summed E-state index contributed by atoms with van der Waals surface area (Å²) in [6.45, 7) is 0.582. The summed E-state index contributed by atoms with van der Waals surface area (Å²) in [6.07, 6.45) is 0.467. The maximum Gasteiger partial charge on any atom is 0.337 e. The summed E-state index contributed by atoms with van der Waals surface area (Å²) in [5, 5.41) is 3.04. The molecule has 0 aliphatic carbocycles. The van der Waals surface area contributed by atoms with Crippen molar-refractivity contribution in [3.63, 3.8) is 0 Å². The molecule has 1 fully saturated rings. The lowest BCUT2D eigenvalue weighted by Gasteiger charge is -2.13. The average molecular weight is 316 g/mol. The number of benzene rings is 1. The van der Waals surface area contributed by atoms with Crippen molar-refractivity contribution in [3.8, 4) is 5.75 Å². The maximum atomic E-state index is 11.4. The first-order valence-electron chi connectivity index (χ1n) is 6.30. The second-order valence-electron chi connectivity index (χ2n) is 4.48. The quantitative estimate of drug-likeness (QED) is 0.841. The highest BCUT2D eigenvalue weighted by atomic mass is 35.5.